The number of rotatable bonds is 4. The van der Waals surface area contributed by atoms with Gasteiger partial charge in [0.1, 0.15) is 11.6 Å². The molecule has 2 fully saturated rings. The predicted octanol–water partition coefficient (Wildman–Crippen LogP) is 9.69. The molecule has 1 unspecified atom stereocenters. The van der Waals surface area contributed by atoms with Crippen LogP contribution in [0.3, 0.4) is 0 Å². The number of benzene rings is 2. The number of halogens is 4. The first-order valence-corrected chi connectivity index (χ1v) is 13.5. The molecule has 4 heteroatoms. The molecule has 2 saturated carbocycles. The maximum atomic E-state index is 15.1. The first-order chi connectivity index (χ1) is 16.9. The van der Waals surface area contributed by atoms with E-state index < -0.39 is 23.3 Å². The Morgan fingerprint density at radius 3 is 1.80 bits per heavy atom. The van der Waals surface area contributed by atoms with E-state index in [1.54, 1.807) is 18.2 Å². The minimum absolute atomic E-state index is 0.179. The van der Waals surface area contributed by atoms with E-state index in [4.69, 9.17) is 0 Å². The molecule has 2 aromatic rings. The molecule has 3 aliphatic rings. The molecule has 2 aromatic carbocycles. The van der Waals surface area contributed by atoms with Crippen molar-refractivity contribution in [1.82, 2.24) is 0 Å². The average Bonchev–Trinajstić information content (AvgIpc) is 2.86. The van der Waals surface area contributed by atoms with Crippen LogP contribution >= 0.6 is 0 Å². The highest BCUT2D eigenvalue weighted by Gasteiger charge is 2.31. The quantitative estimate of drug-likeness (QED) is 0.379. The molecule has 5 rings (SSSR count). The van der Waals surface area contributed by atoms with Crippen LogP contribution in [0.5, 0.6) is 0 Å². The lowest BCUT2D eigenvalue weighted by Gasteiger charge is -2.36. The fourth-order valence-corrected chi connectivity index (χ4v) is 6.93. The van der Waals surface area contributed by atoms with Crippen molar-refractivity contribution < 1.29 is 17.6 Å². The van der Waals surface area contributed by atoms with Crippen LogP contribution in [0.25, 0.3) is 5.57 Å². The van der Waals surface area contributed by atoms with Crippen molar-refractivity contribution in [3.63, 3.8) is 0 Å². The smallest absolute Gasteiger partial charge is 0.159 e. The second kappa shape index (κ2) is 10.5. The molecule has 0 heterocycles. The Morgan fingerprint density at radius 2 is 1.20 bits per heavy atom. The summed E-state index contributed by atoms with van der Waals surface area (Å²) in [4.78, 5) is 0. The molecule has 0 bridgehead atoms. The van der Waals surface area contributed by atoms with Gasteiger partial charge in [-0.1, -0.05) is 31.9 Å². The topological polar surface area (TPSA) is 0 Å². The van der Waals surface area contributed by atoms with Crippen LogP contribution in [-0.4, -0.2) is 0 Å². The molecule has 188 valence electrons. The largest absolute Gasteiger partial charge is 0.206 e. The lowest BCUT2D eigenvalue weighted by Crippen LogP contribution is -2.23. The van der Waals surface area contributed by atoms with E-state index in [0.29, 0.717) is 24.2 Å². The second-order valence-electron chi connectivity index (χ2n) is 11.4. The minimum Gasteiger partial charge on any atom is -0.206 e. The van der Waals surface area contributed by atoms with Gasteiger partial charge in [-0.05, 0) is 128 Å². The highest BCUT2D eigenvalue weighted by molar-refractivity contribution is 5.67. The van der Waals surface area contributed by atoms with E-state index in [0.717, 1.165) is 80.9 Å². The zero-order valence-electron chi connectivity index (χ0n) is 20.6. The van der Waals surface area contributed by atoms with Gasteiger partial charge < -0.3 is 0 Å². The summed E-state index contributed by atoms with van der Waals surface area (Å²) >= 11 is 0. The van der Waals surface area contributed by atoms with Crippen molar-refractivity contribution in [3.05, 3.63) is 76.4 Å². The monoisotopic (exact) mass is 484 g/mol. The maximum Gasteiger partial charge on any atom is 0.159 e. The molecular weight excluding hydrogens is 448 g/mol. The molecule has 3 aliphatic carbocycles. The number of allylic oxidation sites excluding steroid dienone is 2. The molecule has 0 amide bonds. The van der Waals surface area contributed by atoms with Crippen molar-refractivity contribution in [2.24, 2.45) is 17.8 Å². The maximum absolute atomic E-state index is 15.1. The van der Waals surface area contributed by atoms with Crippen LogP contribution in [0, 0.1) is 41.0 Å². The molecule has 0 saturated heterocycles. The van der Waals surface area contributed by atoms with Crippen molar-refractivity contribution in [1.29, 1.82) is 0 Å². The summed E-state index contributed by atoms with van der Waals surface area (Å²) in [7, 11) is 0. The highest BCUT2D eigenvalue weighted by Crippen LogP contribution is 2.45. The molecule has 35 heavy (non-hydrogen) atoms. The lowest BCUT2D eigenvalue weighted by atomic mass is 9.70. The van der Waals surface area contributed by atoms with Gasteiger partial charge in [-0.2, -0.15) is 0 Å². The van der Waals surface area contributed by atoms with Gasteiger partial charge in [0, 0.05) is 5.56 Å². The van der Waals surface area contributed by atoms with Gasteiger partial charge in [0.05, 0.1) is 0 Å². The first-order valence-electron chi connectivity index (χ1n) is 13.5. The highest BCUT2D eigenvalue weighted by atomic mass is 19.2. The van der Waals surface area contributed by atoms with E-state index in [9.17, 15) is 8.78 Å². The van der Waals surface area contributed by atoms with Crippen LogP contribution in [0.2, 0.25) is 0 Å². The van der Waals surface area contributed by atoms with Crippen LogP contribution in [0.4, 0.5) is 17.6 Å². The molecule has 0 radical (unpaired) electrons. The summed E-state index contributed by atoms with van der Waals surface area (Å²) in [5, 5.41) is 0. The van der Waals surface area contributed by atoms with E-state index in [1.807, 2.05) is 0 Å². The zero-order chi connectivity index (χ0) is 24.5. The third-order valence-corrected chi connectivity index (χ3v) is 9.18. The Hall–Kier alpha value is -2.10. The normalized spacial score (nSPS) is 29.6. The SMILES string of the molecule is CC1CCC(c2cc(F)c(C3=CCC(C4CCC(c5ccc(F)c(F)c5)CC4)CC3)c(F)c2)CC1. The molecule has 0 nitrogen and oxygen atoms in total. The van der Waals surface area contributed by atoms with Crippen LogP contribution in [0.15, 0.2) is 36.4 Å². The fraction of sp³-hybridized carbons (Fsp3) is 0.548. The summed E-state index contributed by atoms with van der Waals surface area (Å²) in [5.74, 6) is 0.000943. The summed E-state index contributed by atoms with van der Waals surface area (Å²) in [6.45, 7) is 2.25. The predicted molar refractivity (Wildman–Crippen MR) is 133 cm³/mol. The first kappa shape index (κ1) is 24.6. The molecule has 1 atom stereocenters. The Labute approximate surface area is 206 Å². The zero-order valence-corrected chi connectivity index (χ0v) is 20.6. The van der Waals surface area contributed by atoms with Gasteiger partial charge in [0.2, 0.25) is 0 Å². The number of hydrogen-bond donors (Lipinski definition) is 0. The van der Waals surface area contributed by atoms with E-state index in [2.05, 4.69) is 13.0 Å². The Bertz CT molecular complexity index is 1050. The lowest BCUT2D eigenvalue weighted by molar-refractivity contribution is 0.220. The Morgan fingerprint density at radius 1 is 0.600 bits per heavy atom. The van der Waals surface area contributed by atoms with Gasteiger partial charge >= 0.3 is 0 Å². The molecule has 0 aliphatic heterocycles. The van der Waals surface area contributed by atoms with E-state index in [1.165, 1.54) is 12.1 Å². The standard InChI is InChI=1S/C31H36F4/c1-19-2-4-23(5-3-19)26-17-29(34)31(30(35)18-26)24-12-10-21(11-13-24)20-6-8-22(9-7-20)25-14-15-27(32)28(33)16-25/h12,14-23H,2-11,13H2,1H3. The molecule has 0 aromatic heterocycles. The van der Waals surface area contributed by atoms with Gasteiger partial charge in [-0.25, -0.2) is 17.6 Å². The van der Waals surface area contributed by atoms with Crippen molar-refractivity contribution in [3.8, 4) is 0 Å². The van der Waals surface area contributed by atoms with Crippen LogP contribution in [-0.2, 0) is 0 Å². The third-order valence-electron chi connectivity index (χ3n) is 9.18. The Balaban J connectivity index is 1.20. The summed E-state index contributed by atoms with van der Waals surface area (Å²) < 4.78 is 57.1. The van der Waals surface area contributed by atoms with Gasteiger partial charge in [-0.15, -0.1) is 0 Å². The molecular formula is C31H36F4. The Kier molecular flexibility index (Phi) is 7.37. The molecule has 0 spiro atoms. The van der Waals surface area contributed by atoms with Crippen molar-refractivity contribution in [2.75, 3.05) is 0 Å². The van der Waals surface area contributed by atoms with Gasteiger partial charge in [-0.3, -0.25) is 0 Å². The molecule has 0 N–H and O–H groups in total. The average molecular weight is 485 g/mol. The van der Waals surface area contributed by atoms with Gasteiger partial charge in [0.25, 0.3) is 0 Å². The van der Waals surface area contributed by atoms with Gasteiger partial charge in [0.15, 0.2) is 11.6 Å². The second-order valence-corrected chi connectivity index (χ2v) is 11.4. The summed E-state index contributed by atoms with van der Waals surface area (Å²) in [5.41, 5.74) is 2.71. The van der Waals surface area contributed by atoms with E-state index in [-0.39, 0.29) is 17.4 Å². The minimum atomic E-state index is -0.793. The fourth-order valence-electron chi connectivity index (χ4n) is 6.93. The van der Waals surface area contributed by atoms with Crippen LogP contribution < -0.4 is 0 Å². The van der Waals surface area contributed by atoms with Crippen LogP contribution in [0.1, 0.15) is 106 Å². The van der Waals surface area contributed by atoms with Crippen molar-refractivity contribution >= 4 is 5.57 Å². The number of hydrogen-bond acceptors (Lipinski definition) is 0. The summed E-state index contributed by atoms with van der Waals surface area (Å²) in [6.07, 6.45) is 13.0. The summed E-state index contributed by atoms with van der Waals surface area (Å²) in [6, 6.07) is 7.46. The third kappa shape index (κ3) is 5.37. The van der Waals surface area contributed by atoms with Crippen molar-refractivity contribution in [2.45, 2.75) is 89.4 Å². The van der Waals surface area contributed by atoms with E-state index >= 15 is 8.78 Å².